The van der Waals surface area contributed by atoms with E-state index < -0.39 is 41.1 Å². The monoisotopic (exact) mass is 349 g/mol. The molecule has 2 aromatic rings. The Bertz CT molecular complexity index is 801. The Balaban J connectivity index is 1.97. The van der Waals surface area contributed by atoms with Gasteiger partial charge in [-0.3, -0.25) is 4.79 Å². The van der Waals surface area contributed by atoms with E-state index in [9.17, 15) is 22.8 Å². The van der Waals surface area contributed by atoms with E-state index >= 15 is 0 Å². The molecule has 4 nitrogen and oxygen atoms in total. The molecule has 0 saturated heterocycles. The van der Waals surface area contributed by atoms with Gasteiger partial charge in [0.25, 0.3) is 5.91 Å². The molecule has 25 heavy (non-hydrogen) atoms. The summed E-state index contributed by atoms with van der Waals surface area (Å²) < 4.78 is 45.2. The zero-order valence-corrected chi connectivity index (χ0v) is 13.1. The van der Waals surface area contributed by atoms with Gasteiger partial charge in [0.1, 0.15) is 23.1 Å². The smallest absolute Gasteiger partial charge is 0.331 e. The Labute approximate surface area is 141 Å². The fraction of sp³-hybridized carbons (Fsp3) is 0.111. The van der Waals surface area contributed by atoms with Crippen LogP contribution in [0.3, 0.4) is 0 Å². The van der Waals surface area contributed by atoms with Gasteiger partial charge in [-0.25, -0.2) is 18.0 Å². The quantitative estimate of drug-likeness (QED) is 0.662. The van der Waals surface area contributed by atoms with Crippen LogP contribution >= 0.6 is 0 Å². The van der Waals surface area contributed by atoms with Gasteiger partial charge in [0.15, 0.2) is 6.10 Å². The summed E-state index contributed by atoms with van der Waals surface area (Å²) >= 11 is 0. The minimum atomic E-state index is -1.31. The Hall–Kier alpha value is -3.09. The number of carbonyl (C=O) groups is 2. The van der Waals surface area contributed by atoms with Crippen molar-refractivity contribution in [2.75, 3.05) is 5.32 Å². The maximum absolute atomic E-state index is 13.5. The second-order valence-electron chi connectivity index (χ2n) is 5.02. The molecule has 2 aromatic carbocycles. The first-order chi connectivity index (χ1) is 11.9. The van der Waals surface area contributed by atoms with Crippen LogP contribution in [0.1, 0.15) is 12.5 Å². The molecule has 2 rings (SSSR count). The fourth-order valence-electron chi connectivity index (χ4n) is 1.88. The first-order valence-corrected chi connectivity index (χ1v) is 7.26. The zero-order chi connectivity index (χ0) is 18.4. The number of esters is 1. The van der Waals surface area contributed by atoms with Gasteiger partial charge in [-0.1, -0.05) is 24.3 Å². The highest BCUT2D eigenvalue weighted by Gasteiger charge is 2.20. The van der Waals surface area contributed by atoms with Crippen molar-refractivity contribution in [2.45, 2.75) is 13.0 Å². The van der Waals surface area contributed by atoms with Crippen molar-refractivity contribution >= 4 is 23.6 Å². The highest BCUT2D eigenvalue weighted by atomic mass is 19.1. The van der Waals surface area contributed by atoms with Crippen molar-refractivity contribution in [3.63, 3.8) is 0 Å². The normalized spacial score (nSPS) is 12.0. The summed E-state index contributed by atoms with van der Waals surface area (Å²) in [7, 11) is 0. The van der Waals surface area contributed by atoms with E-state index in [0.717, 1.165) is 24.3 Å². The molecule has 0 aliphatic carbocycles. The van der Waals surface area contributed by atoms with Crippen LogP contribution in [0.5, 0.6) is 0 Å². The number of amides is 1. The molecule has 130 valence electrons. The number of anilines is 1. The van der Waals surface area contributed by atoms with Crippen LogP contribution in [0.25, 0.3) is 6.08 Å². The van der Waals surface area contributed by atoms with Crippen molar-refractivity contribution < 1.29 is 27.5 Å². The highest BCUT2D eigenvalue weighted by Crippen LogP contribution is 2.18. The van der Waals surface area contributed by atoms with Gasteiger partial charge in [-0.2, -0.15) is 0 Å². The summed E-state index contributed by atoms with van der Waals surface area (Å²) in [6, 6.07) is 8.88. The van der Waals surface area contributed by atoms with Crippen LogP contribution in [0.4, 0.5) is 18.9 Å². The van der Waals surface area contributed by atoms with E-state index in [1.807, 2.05) is 5.32 Å². The Morgan fingerprint density at radius 1 is 1.00 bits per heavy atom. The van der Waals surface area contributed by atoms with Crippen molar-refractivity contribution in [3.05, 3.63) is 71.6 Å². The molecule has 1 unspecified atom stereocenters. The van der Waals surface area contributed by atoms with Crippen LogP contribution < -0.4 is 5.32 Å². The average molecular weight is 349 g/mol. The third kappa shape index (κ3) is 4.94. The number of rotatable bonds is 5. The predicted octanol–water partition coefficient (Wildman–Crippen LogP) is 3.69. The van der Waals surface area contributed by atoms with E-state index in [1.165, 1.54) is 31.2 Å². The zero-order valence-electron chi connectivity index (χ0n) is 13.1. The number of para-hydroxylation sites is 1. The summed E-state index contributed by atoms with van der Waals surface area (Å²) in [6.07, 6.45) is 0.835. The molecule has 0 radical (unpaired) electrons. The largest absolute Gasteiger partial charge is 0.449 e. The van der Waals surface area contributed by atoms with Gasteiger partial charge < -0.3 is 10.1 Å². The van der Waals surface area contributed by atoms with Crippen LogP contribution in [-0.4, -0.2) is 18.0 Å². The molecule has 0 saturated carbocycles. The molecule has 0 aliphatic heterocycles. The van der Waals surface area contributed by atoms with Gasteiger partial charge in [0.05, 0.1) is 0 Å². The lowest BCUT2D eigenvalue weighted by atomic mass is 10.2. The van der Waals surface area contributed by atoms with Gasteiger partial charge in [-0.15, -0.1) is 0 Å². The van der Waals surface area contributed by atoms with E-state index in [1.54, 1.807) is 6.07 Å². The molecule has 1 atom stereocenters. The van der Waals surface area contributed by atoms with Crippen LogP contribution in [0, 0.1) is 17.5 Å². The molecule has 7 heteroatoms. The Morgan fingerprint density at radius 3 is 2.24 bits per heavy atom. The molecule has 1 N–H and O–H groups in total. The van der Waals surface area contributed by atoms with Crippen LogP contribution in [-0.2, 0) is 14.3 Å². The molecule has 0 bridgehead atoms. The first kappa shape index (κ1) is 18.3. The lowest BCUT2D eigenvalue weighted by Crippen LogP contribution is -2.30. The predicted molar refractivity (Wildman–Crippen MR) is 86.0 cm³/mol. The maximum atomic E-state index is 13.5. The first-order valence-electron chi connectivity index (χ1n) is 7.26. The number of halogens is 3. The molecular weight excluding hydrogens is 335 g/mol. The topological polar surface area (TPSA) is 55.4 Å². The fourth-order valence-corrected chi connectivity index (χ4v) is 1.88. The highest BCUT2D eigenvalue weighted by molar-refractivity contribution is 5.96. The van der Waals surface area contributed by atoms with Crippen molar-refractivity contribution in [3.8, 4) is 0 Å². The van der Waals surface area contributed by atoms with Gasteiger partial charge in [-0.05, 0) is 31.2 Å². The third-order valence-electron chi connectivity index (χ3n) is 3.18. The van der Waals surface area contributed by atoms with Gasteiger partial charge in [0, 0.05) is 11.6 Å². The second kappa shape index (κ2) is 8.14. The molecular formula is C18H14F3NO3. The lowest BCUT2D eigenvalue weighted by Gasteiger charge is -2.13. The van der Waals surface area contributed by atoms with Crippen molar-refractivity contribution in [1.82, 2.24) is 0 Å². The Morgan fingerprint density at radius 2 is 1.60 bits per heavy atom. The molecule has 0 spiro atoms. The third-order valence-corrected chi connectivity index (χ3v) is 3.18. The number of hydrogen-bond donors (Lipinski definition) is 1. The summed E-state index contributed by atoms with van der Waals surface area (Å²) in [5, 5.41) is 2.02. The van der Waals surface area contributed by atoms with Crippen molar-refractivity contribution in [2.24, 2.45) is 0 Å². The summed E-state index contributed by atoms with van der Waals surface area (Å²) in [4.78, 5) is 23.5. The van der Waals surface area contributed by atoms with E-state index in [0.29, 0.717) is 0 Å². The van der Waals surface area contributed by atoms with Gasteiger partial charge in [0.2, 0.25) is 0 Å². The standard InChI is InChI=1S/C18H14F3NO3/c1-11(18(24)22-17-14(20)7-4-8-15(17)21)25-16(23)10-9-12-5-2-3-6-13(12)19/h2-11H,1H3,(H,22,24)/b10-9+. The molecule has 1 amide bonds. The summed E-state index contributed by atoms with van der Waals surface area (Å²) in [5.41, 5.74) is -0.456. The maximum Gasteiger partial charge on any atom is 0.331 e. The van der Waals surface area contributed by atoms with Crippen LogP contribution in [0.2, 0.25) is 0 Å². The number of carbonyl (C=O) groups excluding carboxylic acids is 2. The molecule has 0 aliphatic rings. The number of nitrogens with one attached hydrogen (secondary N) is 1. The van der Waals surface area contributed by atoms with Gasteiger partial charge >= 0.3 is 5.97 Å². The van der Waals surface area contributed by atoms with E-state index in [2.05, 4.69) is 0 Å². The SMILES string of the molecule is CC(OC(=O)/C=C/c1ccccc1F)C(=O)Nc1c(F)cccc1F. The number of hydrogen-bond acceptors (Lipinski definition) is 3. The van der Waals surface area contributed by atoms with E-state index in [-0.39, 0.29) is 5.56 Å². The minimum absolute atomic E-state index is 0.171. The van der Waals surface area contributed by atoms with Crippen molar-refractivity contribution in [1.29, 1.82) is 0 Å². The second-order valence-corrected chi connectivity index (χ2v) is 5.02. The summed E-state index contributed by atoms with van der Waals surface area (Å²) in [5.74, 6) is -4.23. The number of ether oxygens (including phenoxy) is 1. The molecule has 0 heterocycles. The minimum Gasteiger partial charge on any atom is -0.449 e. The average Bonchev–Trinajstić information content (AvgIpc) is 2.57. The number of benzene rings is 2. The molecule has 0 aromatic heterocycles. The Kier molecular flexibility index (Phi) is 5.94. The van der Waals surface area contributed by atoms with E-state index in [4.69, 9.17) is 4.74 Å². The lowest BCUT2D eigenvalue weighted by molar-refractivity contribution is -0.148. The molecule has 0 fully saturated rings. The summed E-state index contributed by atoms with van der Waals surface area (Å²) in [6.45, 7) is 1.24. The van der Waals surface area contributed by atoms with Crippen LogP contribution in [0.15, 0.2) is 48.5 Å².